The minimum Gasteiger partial charge on any atom is -0.381 e. The fourth-order valence-corrected chi connectivity index (χ4v) is 4.61. The fraction of sp³-hybridized carbons (Fsp3) is 0.562. The highest BCUT2D eigenvalue weighted by molar-refractivity contribution is 7.89. The van der Waals surface area contributed by atoms with E-state index in [1.807, 2.05) is 0 Å². The van der Waals surface area contributed by atoms with Crippen molar-refractivity contribution in [1.82, 2.24) is 4.31 Å². The summed E-state index contributed by atoms with van der Waals surface area (Å²) in [7, 11) is -3.56. The van der Waals surface area contributed by atoms with Gasteiger partial charge in [-0.1, -0.05) is 12.1 Å². The van der Waals surface area contributed by atoms with Crippen LogP contribution in [-0.2, 0) is 14.8 Å². The van der Waals surface area contributed by atoms with Crippen molar-refractivity contribution in [2.75, 3.05) is 19.8 Å². The molecular formula is C16H21NO4S. The molecule has 0 N–H and O–H groups in total. The Morgan fingerprint density at radius 3 is 2.68 bits per heavy atom. The molecule has 2 fully saturated rings. The lowest BCUT2D eigenvalue weighted by atomic mass is 10.1. The van der Waals surface area contributed by atoms with E-state index in [-0.39, 0.29) is 22.6 Å². The van der Waals surface area contributed by atoms with Gasteiger partial charge in [-0.2, -0.15) is 4.31 Å². The molecule has 2 aliphatic rings. The van der Waals surface area contributed by atoms with Gasteiger partial charge in [-0.05, 0) is 44.2 Å². The summed E-state index contributed by atoms with van der Waals surface area (Å²) >= 11 is 0. The number of carbonyl (C=O) groups is 1. The summed E-state index contributed by atoms with van der Waals surface area (Å²) in [5.41, 5.74) is 0.432. The Labute approximate surface area is 131 Å². The first-order valence-electron chi connectivity index (χ1n) is 7.69. The van der Waals surface area contributed by atoms with Crippen molar-refractivity contribution >= 4 is 15.8 Å². The SMILES string of the molecule is CC(=O)c1cccc(S(=O)(=O)N(C[C@@H]2CCOC2)C2CC2)c1. The molecule has 1 aromatic carbocycles. The average molecular weight is 323 g/mol. The van der Waals surface area contributed by atoms with Crippen molar-refractivity contribution in [2.45, 2.75) is 37.1 Å². The highest BCUT2D eigenvalue weighted by Gasteiger charge is 2.39. The summed E-state index contributed by atoms with van der Waals surface area (Å²) in [4.78, 5) is 11.7. The van der Waals surface area contributed by atoms with Crippen LogP contribution in [0, 0.1) is 5.92 Å². The number of hydrogen-bond acceptors (Lipinski definition) is 4. The standard InChI is InChI=1S/C16H21NO4S/c1-12(18)14-3-2-4-16(9-14)22(19,20)17(15-5-6-15)10-13-7-8-21-11-13/h2-4,9,13,15H,5-8,10-11H2,1H3/t13-/m0/s1. The second-order valence-electron chi connectivity index (χ2n) is 6.12. The maximum atomic E-state index is 13.0. The van der Waals surface area contributed by atoms with Gasteiger partial charge in [-0.15, -0.1) is 0 Å². The number of nitrogens with zero attached hydrogens (tertiary/aromatic N) is 1. The van der Waals surface area contributed by atoms with Crippen LogP contribution in [0.3, 0.4) is 0 Å². The topological polar surface area (TPSA) is 63.7 Å². The summed E-state index contributed by atoms with van der Waals surface area (Å²) < 4.78 is 32.9. The van der Waals surface area contributed by atoms with Crippen molar-refractivity contribution in [3.05, 3.63) is 29.8 Å². The van der Waals surface area contributed by atoms with Gasteiger partial charge in [0, 0.05) is 24.8 Å². The summed E-state index contributed by atoms with van der Waals surface area (Å²) in [6.45, 7) is 3.30. The van der Waals surface area contributed by atoms with E-state index in [0.717, 1.165) is 19.3 Å². The Hall–Kier alpha value is -1.24. The molecule has 6 heteroatoms. The van der Waals surface area contributed by atoms with Crippen LogP contribution in [0.5, 0.6) is 0 Å². The molecule has 0 amide bonds. The molecule has 0 aromatic heterocycles. The van der Waals surface area contributed by atoms with Crippen LogP contribution >= 0.6 is 0 Å². The zero-order valence-corrected chi connectivity index (χ0v) is 13.5. The number of sulfonamides is 1. The molecule has 1 saturated heterocycles. The number of carbonyl (C=O) groups excluding carboxylic acids is 1. The molecule has 1 aromatic rings. The van der Waals surface area contributed by atoms with Crippen molar-refractivity contribution < 1.29 is 17.9 Å². The lowest BCUT2D eigenvalue weighted by molar-refractivity contribution is 0.101. The minimum atomic E-state index is -3.56. The molecule has 0 unspecified atom stereocenters. The molecule has 3 rings (SSSR count). The third-order valence-corrected chi connectivity index (χ3v) is 6.18. The van der Waals surface area contributed by atoms with Gasteiger partial charge >= 0.3 is 0 Å². The molecule has 0 bridgehead atoms. The second-order valence-corrected chi connectivity index (χ2v) is 8.01. The Kier molecular flexibility index (Phi) is 4.34. The lowest BCUT2D eigenvalue weighted by Crippen LogP contribution is -2.37. The highest BCUT2D eigenvalue weighted by Crippen LogP contribution is 2.34. The largest absolute Gasteiger partial charge is 0.381 e. The van der Waals surface area contributed by atoms with E-state index in [1.165, 1.54) is 13.0 Å². The van der Waals surface area contributed by atoms with E-state index in [9.17, 15) is 13.2 Å². The minimum absolute atomic E-state index is 0.103. The maximum absolute atomic E-state index is 13.0. The zero-order valence-electron chi connectivity index (χ0n) is 12.7. The van der Waals surface area contributed by atoms with Crippen LogP contribution in [0.25, 0.3) is 0 Å². The normalized spacial score (nSPS) is 22.2. The van der Waals surface area contributed by atoms with E-state index in [2.05, 4.69) is 0 Å². The first-order valence-corrected chi connectivity index (χ1v) is 9.13. The van der Waals surface area contributed by atoms with E-state index >= 15 is 0 Å². The molecular weight excluding hydrogens is 302 g/mol. The Morgan fingerprint density at radius 2 is 2.09 bits per heavy atom. The molecule has 120 valence electrons. The lowest BCUT2D eigenvalue weighted by Gasteiger charge is -2.24. The third-order valence-electron chi connectivity index (χ3n) is 4.26. The maximum Gasteiger partial charge on any atom is 0.243 e. The first kappa shape index (κ1) is 15.6. The van der Waals surface area contributed by atoms with Crippen LogP contribution in [0.15, 0.2) is 29.2 Å². The quantitative estimate of drug-likeness (QED) is 0.752. The van der Waals surface area contributed by atoms with Crippen LogP contribution in [0.4, 0.5) is 0 Å². The number of ketones is 1. The summed E-state index contributed by atoms with van der Waals surface area (Å²) in [6, 6.07) is 6.44. The molecule has 1 aliphatic carbocycles. The fourth-order valence-electron chi connectivity index (χ4n) is 2.80. The smallest absolute Gasteiger partial charge is 0.243 e. The van der Waals surface area contributed by atoms with Gasteiger partial charge < -0.3 is 4.74 Å². The predicted molar refractivity (Wildman–Crippen MR) is 82.3 cm³/mol. The number of rotatable bonds is 6. The van der Waals surface area contributed by atoms with Gasteiger partial charge in [0.2, 0.25) is 10.0 Å². The van der Waals surface area contributed by atoms with E-state index in [4.69, 9.17) is 4.74 Å². The monoisotopic (exact) mass is 323 g/mol. The van der Waals surface area contributed by atoms with E-state index < -0.39 is 10.0 Å². The van der Waals surface area contributed by atoms with Crippen molar-refractivity contribution in [1.29, 1.82) is 0 Å². The van der Waals surface area contributed by atoms with Crippen molar-refractivity contribution in [3.63, 3.8) is 0 Å². The van der Waals surface area contributed by atoms with Crippen LogP contribution < -0.4 is 0 Å². The van der Waals surface area contributed by atoms with Gasteiger partial charge in [0.05, 0.1) is 11.5 Å². The van der Waals surface area contributed by atoms with Gasteiger partial charge in [0.15, 0.2) is 5.78 Å². The Balaban J connectivity index is 1.88. The van der Waals surface area contributed by atoms with Crippen LogP contribution in [0.1, 0.15) is 36.5 Å². The molecule has 0 spiro atoms. The molecule has 0 radical (unpaired) electrons. The van der Waals surface area contributed by atoms with Gasteiger partial charge in [0.25, 0.3) is 0 Å². The number of benzene rings is 1. The summed E-state index contributed by atoms with van der Waals surface area (Å²) in [6.07, 6.45) is 2.74. The molecule has 1 atom stereocenters. The number of Topliss-reactive ketones (excluding diaryl/α,β-unsaturated/α-hetero) is 1. The number of ether oxygens (including phenoxy) is 1. The van der Waals surface area contributed by atoms with Gasteiger partial charge in [-0.3, -0.25) is 4.79 Å². The average Bonchev–Trinajstić information content (AvgIpc) is 3.20. The third kappa shape index (κ3) is 3.24. The Morgan fingerprint density at radius 1 is 1.32 bits per heavy atom. The van der Waals surface area contributed by atoms with Crippen molar-refractivity contribution in [3.8, 4) is 0 Å². The number of hydrogen-bond donors (Lipinski definition) is 0. The molecule has 1 saturated carbocycles. The van der Waals surface area contributed by atoms with Crippen LogP contribution in [0.2, 0.25) is 0 Å². The molecule has 22 heavy (non-hydrogen) atoms. The molecule has 1 aliphatic heterocycles. The zero-order chi connectivity index (χ0) is 15.7. The highest BCUT2D eigenvalue weighted by atomic mass is 32.2. The predicted octanol–water partition coefficient (Wildman–Crippen LogP) is 2.08. The molecule has 5 nitrogen and oxygen atoms in total. The van der Waals surface area contributed by atoms with Crippen LogP contribution in [-0.4, -0.2) is 44.3 Å². The van der Waals surface area contributed by atoms with E-state index in [0.29, 0.717) is 25.3 Å². The van der Waals surface area contributed by atoms with E-state index in [1.54, 1.807) is 22.5 Å². The summed E-state index contributed by atoms with van der Waals surface area (Å²) in [5, 5.41) is 0. The Bertz CT molecular complexity index is 660. The first-order chi connectivity index (χ1) is 10.5. The van der Waals surface area contributed by atoms with Gasteiger partial charge in [-0.25, -0.2) is 8.42 Å². The summed E-state index contributed by atoms with van der Waals surface area (Å²) in [5.74, 6) is 0.144. The van der Waals surface area contributed by atoms with Crippen molar-refractivity contribution in [2.24, 2.45) is 5.92 Å². The second kappa shape index (κ2) is 6.10. The van der Waals surface area contributed by atoms with Gasteiger partial charge in [0.1, 0.15) is 0 Å². The molecule has 1 heterocycles.